The van der Waals surface area contributed by atoms with Crippen molar-refractivity contribution in [3.63, 3.8) is 0 Å². The third-order valence-electron chi connectivity index (χ3n) is 7.29. The number of amides is 1. The van der Waals surface area contributed by atoms with E-state index in [1.54, 1.807) is 0 Å². The number of likely N-dealkylation sites (tertiary alicyclic amines) is 1. The first-order valence-corrected chi connectivity index (χ1v) is 12.0. The van der Waals surface area contributed by atoms with E-state index in [1.807, 2.05) is 60.7 Å². The number of hydrogen-bond acceptors (Lipinski definition) is 4. The highest BCUT2D eigenvalue weighted by Crippen LogP contribution is 2.40. The van der Waals surface area contributed by atoms with Gasteiger partial charge in [-0.05, 0) is 56.4 Å². The van der Waals surface area contributed by atoms with E-state index < -0.39 is 17.0 Å². The van der Waals surface area contributed by atoms with Crippen LogP contribution in [-0.2, 0) is 10.2 Å². The number of halogens is 1. The zero-order valence-corrected chi connectivity index (χ0v) is 20.3. The van der Waals surface area contributed by atoms with Gasteiger partial charge in [-0.2, -0.15) is 0 Å². The van der Waals surface area contributed by atoms with Gasteiger partial charge in [0.1, 0.15) is 11.9 Å². The van der Waals surface area contributed by atoms with Gasteiger partial charge in [0.2, 0.25) is 5.91 Å². The monoisotopic (exact) mass is 476 g/mol. The molecule has 3 aromatic carbocycles. The van der Waals surface area contributed by atoms with Crippen LogP contribution in [-0.4, -0.2) is 40.6 Å². The fraction of sp³-hybridized carbons (Fsp3) is 0.345. The van der Waals surface area contributed by atoms with Crippen LogP contribution in [0.4, 0.5) is 4.39 Å². The maximum atomic E-state index is 13.4. The van der Waals surface area contributed by atoms with Crippen molar-refractivity contribution in [3.05, 3.63) is 95.8 Å². The lowest BCUT2D eigenvalue weighted by Gasteiger charge is -2.40. The van der Waals surface area contributed by atoms with Crippen molar-refractivity contribution in [2.75, 3.05) is 13.1 Å². The van der Waals surface area contributed by atoms with Crippen LogP contribution in [0, 0.1) is 5.82 Å². The number of aromatic hydroxyl groups is 1. The molecule has 184 valence electrons. The highest BCUT2D eigenvalue weighted by Gasteiger charge is 2.43. The van der Waals surface area contributed by atoms with Gasteiger partial charge in [0.25, 0.3) is 0 Å². The van der Waals surface area contributed by atoms with E-state index in [2.05, 4.69) is 18.7 Å². The van der Waals surface area contributed by atoms with Crippen molar-refractivity contribution in [2.24, 2.45) is 5.73 Å². The lowest BCUT2D eigenvalue weighted by Crippen LogP contribution is -2.47. The minimum Gasteiger partial charge on any atom is -0.505 e. The number of carbonyl (C=O) groups is 1. The van der Waals surface area contributed by atoms with E-state index >= 15 is 0 Å². The molecule has 3 aromatic rings. The second-order valence-electron chi connectivity index (χ2n) is 9.90. The van der Waals surface area contributed by atoms with Crippen molar-refractivity contribution < 1.29 is 19.0 Å². The van der Waals surface area contributed by atoms with Crippen LogP contribution in [0.15, 0.2) is 78.9 Å². The predicted molar refractivity (Wildman–Crippen MR) is 135 cm³/mol. The maximum absolute atomic E-state index is 13.4. The molecule has 1 saturated heterocycles. The number of nitrogens with zero attached hydrogens (tertiary/aromatic N) is 1. The van der Waals surface area contributed by atoms with Gasteiger partial charge in [-0.1, -0.05) is 60.7 Å². The summed E-state index contributed by atoms with van der Waals surface area (Å²) in [5.74, 6) is -0.984. The van der Waals surface area contributed by atoms with Crippen molar-refractivity contribution in [3.8, 4) is 11.5 Å². The Balaban J connectivity index is 1.51. The molecule has 6 heteroatoms. The zero-order chi connectivity index (χ0) is 25.1. The molecule has 1 atom stereocenters. The first-order valence-electron chi connectivity index (χ1n) is 12.0. The third-order valence-corrected chi connectivity index (χ3v) is 7.29. The van der Waals surface area contributed by atoms with Crippen molar-refractivity contribution in [2.45, 2.75) is 50.2 Å². The van der Waals surface area contributed by atoms with Gasteiger partial charge in [-0.15, -0.1) is 0 Å². The number of hydrogen-bond donors (Lipinski definition) is 2. The van der Waals surface area contributed by atoms with Crippen molar-refractivity contribution in [1.29, 1.82) is 0 Å². The molecule has 1 aliphatic rings. The van der Waals surface area contributed by atoms with E-state index in [0.717, 1.165) is 30.5 Å². The predicted octanol–water partition coefficient (Wildman–Crippen LogP) is 5.01. The number of benzene rings is 3. The molecule has 1 aliphatic heterocycles. The summed E-state index contributed by atoms with van der Waals surface area (Å²) in [6, 6.07) is 23.6. The summed E-state index contributed by atoms with van der Waals surface area (Å²) < 4.78 is 19.4. The Bertz CT molecular complexity index is 1110. The van der Waals surface area contributed by atoms with Crippen LogP contribution in [0.3, 0.4) is 0 Å². The van der Waals surface area contributed by atoms with E-state index in [1.165, 1.54) is 18.2 Å². The number of phenols is 1. The molecule has 35 heavy (non-hydrogen) atoms. The summed E-state index contributed by atoms with van der Waals surface area (Å²) in [7, 11) is 0. The molecule has 0 spiro atoms. The Labute approximate surface area is 206 Å². The molecule has 1 amide bonds. The lowest BCUT2D eigenvalue weighted by atomic mass is 9.69. The number of rotatable bonds is 9. The molecule has 0 aliphatic carbocycles. The van der Waals surface area contributed by atoms with E-state index in [4.69, 9.17) is 10.5 Å². The van der Waals surface area contributed by atoms with Crippen LogP contribution >= 0.6 is 0 Å². The van der Waals surface area contributed by atoms with Crippen LogP contribution in [0.25, 0.3) is 0 Å². The topological polar surface area (TPSA) is 75.8 Å². The minimum atomic E-state index is -0.930. The molecular weight excluding hydrogens is 443 g/mol. The van der Waals surface area contributed by atoms with E-state index in [-0.39, 0.29) is 17.6 Å². The van der Waals surface area contributed by atoms with Gasteiger partial charge in [-0.25, -0.2) is 4.39 Å². The highest BCUT2D eigenvalue weighted by atomic mass is 19.1. The van der Waals surface area contributed by atoms with Gasteiger partial charge in [0.05, 0.1) is 5.41 Å². The fourth-order valence-corrected chi connectivity index (χ4v) is 5.09. The zero-order valence-electron chi connectivity index (χ0n) is 20.3. The summed E-state index contributed by atoms with van der Waals surface area (Å²) in [5.41, 5.74) is 6.78. The van der Waals surface area contributed by atoms with E-state index in [9.17, 15) is 14.3 Å². The Morgan fingerprint density at radius 1 is 1.03 bits per heavy atom. The molecule has 0 radical (unpaired) electrons. The molecule has 0 bridgehead atoms. The number of phenolic OH excluding ortho intramolecular Hbond substituents is 1. The first kappa shape index (κ1) is 24.7. The number of primary amides is 1. The molecule has 0 saturated carbocycles. The van der Waals surface area contributed by atoms with E-state index in [0.29, 0.717) is 18.7 Å². The molecule has 4 rings (SSSR count). The summed E-state index contributed by atoms with van der Waals surface area (Å²) in [6.07, 6.45) is 2.06. The standard InChI is InChI=1S/C29H33FN2O3/c1-28(2,32-18-15-24(20-32)35-23-13-14-25(30)26(33)19-23)16-17-29(27(31)34,21-9-5-3-6-10-21)22-11-7-4-8-12-22/h3-14,19,24,33H,15-18,20H2,1-2H3,(H2,31,34)/t24-/m0/s1. The smallest absolute Gasteiger partial charge is 0.232 e. The quantitative estimate of drug-likeness (QED) is 0.455. The Morgan fingerprint density at radius 2 is 1.63 bits per heavy atom. The summed E-state index contributed by atoms with van der Waals surface area (Å²) in [4.78, 5) is 15.5. The number of ether oxygens (including phenoxy) is 1. The van der Waals surface area contributed by atoms with Gasteiger partial charge in [0, 0.05) is 24.7 Å². The second kappa shape index (κ2) is 10.1. The first-order chi connectivity index (χ1) is 16.7. The molecule has 3 N–H and O–H groups in total. The van der Waals surface area contributed by atoms with Gasteiger partial charge in [0.15, 0.2) is 11.6 Å². The minimum absolute atomic E-state index is 0.0664. The van der Waals surface area contributed by atoms with Gasteiger partial charge >= 0.3 is 0 Å². The Morgan fingerprint density at radius 3 is 2.17 bits per heavy atom. The van der Waals surface area contributed by atoms with Crippen molar-refractivity contribution >= 4 is 5.91 Å². The summed E-state index contributed by atoms with van der Waals surface area (Å²) in [6.45, 7) is 5.90. The largest absolute Gasteiger partial charge is 0.505 e. The molecule has 0 aromatic heterocycles. The van der Waals surface area contributed by atoms with Crippen molar-refractivity contribution in [1.82, 2.24) is 4.90 Å². The van der Waals surface area contributed by atoms with Gasteiger partial charge in [-0.3, -0.25) is 9.69 Å². The van der Waals surface area contributed by atoms with Crippen LogP contribution in [0.5, 0.6) is 11.5 Å². The lowest BCUT2D eigenvalue weighted by molar-refractivity contribution is -0.122. The molecule has 0 unspecified atom stereocenters. The Hall–Kier alpha value is -3.38. The van der Waals surface area contributed by atoms with Crippen LogP contribution in [0.2, 0.25) is 0 Å². The van der Waals surface area contributed by atoms with Gasteiger partial charge < -0.3 is 15.6 Å². The second-order valence-corrected chi connectivity index (χ2v) is 9.90. The SMILES string of the molecule is CC(C)(CCC(C(N)=O)(c1ccccc1)c1ccccc1)N1CC[C@H](Oc2ccc(F)c(O)c2)C1. The Kier molecular flexibility index (Phi) is 7.13. The molecular formula is C29H33FN2O3. The maximum Gasteiger partial charge on any atom is 0.232 e. The average Bonchev–Trinajstić information content (AvgIpc) is 3.33. The third kappa shape index (κ3) is 5.17. The number of carbonyl (C=O) groups excluding carboxylic acids is 1. The molecule has 1 heterocycles. The number of nitrogens with two attached hydrogens (primary N) is 1. The van der Waals surface area contributed by atoms with Crippen LogP contribution < -0.4 is 10.5 Å². The normalized spacial score (nSPS) is 16.8. The highest BCUT2D eigenvalue weighted by molar-refractivity contribution is 5.90. The summed E-state index contributed by atoms with van der Waals surface area (Å²) >= 11 is 0. The molecule has 1 fully saturated rings. The summed E-state index contributed by atoms with van der Waals surface area (Å²) in [5, 5.41) is 9.63. The van der Waals surface area contributed by atoms with Crippen LogP contribution in [0.1, 0.15) is 44.2 Å². The molecule has 5 nitrogen and oxygen atoms in total. The fourth-order valence-electron chi connectivity index (χ4n) is 5.09. The average molecular weight is 477 g/mol.